The van der Waals surface area contributed by atoms with E-state index in [9.17, 15) is 4.79 Å². The van der Waals surface area contributed by atoms with Crippen molar-refractivity contribution in [2.24, 2.45) is 11.8 Å². The SMILES string of the molecule is Cc1cc(C(=O)NCC2CCCCC2CCl)ccn1. The van der Waals surface area contributed by atoms with E-state index in [-0.39, 0.29) is 5.91 Å². The van der Waals surface area contributed by atoms with Gasteiger partial charge in [-0.15, -0.1) is 11.6 Å². The highest BCUT2D eigenvalue weighted by Gasteiger charge is 2.24. The number of aryl methyl sites for hydroxylation is 1. The Bertz CT molecular complexity index is 436. The van der Waals surface area contributed by atoms with E-state index in [4.69, 9.17) is 11.6 Å². The fraction of sp³-hybridized carbons (Fsp3) is 0.600. The van der Waals surface area contributed by atoms with Gasteiger partial charge in [0.05, 0.1) is 0 Å². The molecule has 0 bridgehead atoms. The Morgan fingerprint density at radius 1 is 1.42 bits per heavy atom. The molecule has 2 unspecified atom stereocenters. The molecular formula is C15H21ClN2O. The molecule has 4 heteroatoms. The molecule has 0 aliphatic heterocycles. The first-order valence-electron chi connectivity index (χ1n) is 6.97. The Morgan fingerprint density at radius 3 is 2.84 bits per heavy atom. The van der Waals surface area contributed by atoms with Crippen LogP contribution in [-0.4, -0.2) is 23.3 Å². The average Bonchev–Trinajstić information content (AvgIpc) is 2.45. The van der Waals surface area contributed by atoms with Gasteiger partial charge < -0.3 is 5.32 Å². The highest BCUT2D eigenvalue weighted by atomic mass is 35.5. The zero-order chi connectivity index (χ0) is 13.7. The lowest BCUT2D eigenvalue weighted by molar-refractivity contribution is 0.0936. The van der Waals surface area contributed by atoms with Crippen molar-refractivity contribution in [3.05, 3.63) is 29.6 Å². The molecule has 3 nitrogen and oxygen atoms in total. The van der Waals surface area contributed by atoms with Crippen molar-refractivity contribution in [1.29, 1.82) is 0 Å². The Kier molecular flexibility index (Phi) is 5.20. The lowest BCUT2D eigenvalue weighted by Gasteiger charge is -2.30. The summed E-state index contributed by atoms with van der Waals surface area (Å²) in [5.41, 5.74) is 1.55. The molecule has 1 aromatic rings. The number of nitrogens with zero attached hydrogens (tertiary/aromatic N) is 1. The lowest BCUT2D eigenvalue weighted by atomic mass is 9.80. The molecule has 0 saturated heterocycles. The first kappa shape index (κ1) is 14.3. The summed E-state index contributed by atoms with van der Waals surface area (Å²) in [4.78, 5) is 16.2. The fourth-order valence-corrected chi connectivity index (χ4v) is 3.18. The maximum Gasteiger partial charge on any atom is 0.251 e. The average molecular weight is 281 g/mol. The summed E-state index contributed by atoms with van der Waals surface area (Å²) in [6.45, 7) is 2.62. The van der Waals surface area contributed by atoms with Gasteiger partial charge >= 0.3 is 0 Å². The number of aromatic nitrogens is 1. The van der Waals surface area contributed by atoms with Crippen LogP contribution in [0.1, 0.15) is 41.7 Å². The molecule has 1 aliphatic rings. The molecule has 2 atom stereocenters. The molecule has 1 aromatic heterocycles. The molecule has 0 aromatic carbocycles. The number of hydrogen-bond acceptors (Lipinski definition) is 2. The third-order valence-corrected chi connectivity index (χ3v) is 4.34. The monoisotopic (exact) mass is 280 g/mol. The van der Waals surface area contributed by atoms with Crippen LogP contribution in [-0.2, 0) is 0 Å². The fourth-order valence-electron chi connectivity index (χ4n) is 2.77. The van der Waals surface area contributed by atoms with E-state index < -0.39 is 0 Å². The maximum absolute atomic E-state index is 12.1. The Labute approximate surface area is 119 Å². The summed E-state index contributed by atoms with van der Waals surface area (Å²) in [5, 5.41) is 3.03. The summed E-state index contributed by atoms with van der Waals surface area (Å²) >= 11 is 6.01. The van der Waals surface area contributed by atoms with Gasteiger partial charge in [0.25, 0.3) is 5.91 Å². The molecule has 104 valence electrons. The van der Waals surface area contributed by atoms with Gasteiger partial charge in [0.15, 0.2) is 0 Å². The quantitative estimate of drug-likeness (QED) is 0.861. The van der Waals surface area contributed by atoms with E-state index in [0.717, 1.165) is 12.2 Å². The Hall–Kier alpha value is -1.09. The highest BCUT2D eigenvalue weighted by molar-refractivity contribution is 6.18. The number of hydrogen-bond donors (Lipinski definition) is 1. The van der Waals surface area contributed by atoms with Crippen molar-refractivity contribution in [1.82, 2.24) is 10.3 Å². The van der Waals surface area contributed by atoms with Crippen LogP contribution >= 0.6 is 11.6 Å². The molecule has 1 fully saturated rings. The number of nitrogens with one attached hydrogen (secondary N) is 1. The van der Waals surface area contributed by atoms with Crippen LogP contribution in [0.3, 0.4) is 0 Å². The third-order valence-electron chi connectivity index (χ3n) is 3.95. The number of pyridine rings is 1. The number of carbonyl (C=O) groups is 1. The molecule has 1 aliphatic carbocycles. The minimum atomic E-state index is -0.00982. The molecule has 1 N–H and O–H groups in total. The van der Waals surface area contributed by atoms with Crippen molar-refractivity contribution in [3.63, 3.8) is 0 Å². The molecule has 1 amide bonds. The smallest absolute Gasteiger partial charge is 0.251 e. The molecule has 1 heterocycles. The second-order valence-electron chi connectivity index (χ2n) is 5.35. The van der Waals surface area contributed by atoms with Crippen molar-refractivity contribution in [2.45, 2.75) is 32.6 Å². The van der Waals surface area contributed by atoms with Gasteiger partial charge in [-0.05, 0) is 43.7 Å². The van der Waals surface area contributed by atoms with Gasteiger partial charge in [-0.3, -0.25) is 9.78 Å². The first-order valence-corrected chi connectivity index (χ1v) is 7.51. The maximum atomic E-state index is 12.1. The predicted octanol–water partition coefficient (Wildman–Crippen LogP) is 3.17. The molecule has 1 saturated carbocycles. The van der Waals surface area contributed by atoms with Crippen LogP contribution in [0.5, 0.6) is 0 Å². The van der Waals surface area contributed by atoms with Crippen molar-refractivity contribution in [2.75, 3.05) is 12.4 Å². The van der Waals surface area contributed by atoms with Gasteiger partial charge in [-0.1, -0.05) is 12.8 Å². The van der Waals surface area contributed by atoms with Gasteiger partial charge in [0, 0.05) is 29.9 Å². The van der Waals surface area contributed by atoms with E-state index in [1.807, 2.05) is 13.0 Å². The van der Waals surface area contributed by atoms with Crippen LogP contribution in [0, 0.1) is 18.8 Å². The second-order valence-corrected chi connectivity index (χ2v) is 5.66. The minimum absolute atomic E-state index is 0.00982. The number of carbonyl (C=O) groups excluding carboxylic acids is 1. The van der Waals surface area contributed by atoms with Crippen LogP contribution in [0.4, 0.5) is 0 Å². The van der Waals surface area contributed by atoms with Crippen molar-refractivity contribution < 1.29 is 4.79 Å². The molecule has 2 rings (SSSR count). The largest absolute Gasteiger partial charge is 0.352 e. The summed E-state index contributed by atoms with van der Waals surface area (Å²) in [5.74, 6) is 1.77. The van der Waals surface area contributed by atoms with Gasteiger partial charge in [0.1, 0.15) is 0 Å². The third kappa shape index (κ3) is 3.93. The van der Waals surface area contributed by atoms with Crippen molar-refractivity contribution >= 4 is 17.5 Å². The van der Waals surface area contributed by atoms with Crippen LogP contribution in [0.25, 0.3) is 0 Å². The molecule has 0 radical (unpaired) electrons. The topological polar surface area (TPSA) is 42.0 Å². The summed E-state index contributed by atoms with van der Waals surface area (Å²) < 4.78 is 0. The van der Waals surface area contributed by atoms with Crippen LogP contribution in [0.2, 0.25) is 0 Å². The number of halogens is 1. The van der Waals surface area contributed by atoms with E-state index in [1.54, 1.807) is 12.3 Å². The number of amides is 1. The van der Waals surface area contributed by atoms with Crippen LogP contribution < -0.4 is 5.32 Å². The summed E-state index contributed by atoms with van der Waals surface area (Å²) in [6.07, 6.45) is 6.56. The molecule has 0 spiro atoms. The molecule has 19 heavy (non-hydrogen) atoms. The number of alkyl halides is 1. The normalized spacial score (nSPS) is 23.1. The van der Waals surface area contributed by atoms with E-state index in [1.165, 1.54) is 25.7 Å². The Balaban J connectivity index is 1.89. The van der Waals surface area contributed by atoms with E-state index in [2.05, 4.69) is 10.3 Å². The summed E-state index contributed by atoms with van der Waals surface area (Å²) in [7, 11) is 0. The zero-order valence-electron chi connectivity index (χ0n) is 11.4. The van der Waals surface area contributed by atoms with E-state index >= 15 is 0 Å². The van der Waals surface area contributed by atoms with Gasteiger partial charge in [-0.2, -0.15) is 0 Å². The zero-order valence-corrected chi connectivity index (χ0v) is 12.1. The lowest BCUT2D eigenvalue weighted by Crippen LogP contribution is -2.34. The van der Waals surface area contributed by atoms with Gasteiger partial charge in [-0.25, -0.2) is 0 Å². The number of rotatable bonds is 4. The first-order chi connectivity index (χ1) is 9.20. The van der Waals surface area contributed by atoms with Crippen molar-refractivity contribution in [3.8, 4) is 0 Å². The standard InChI is InChI=1S/C15H21ClN2O/c1-11-8-12(6-7-17-11)15(19)18-10-14-5-3-2-4-13(14)9-16/h6-8,13-14H,2-5,9-10H2,1H3,(H,18,19). The second kappa shape index (κ2) is 6.90. The van der Waals surface area contributed by atoms with Crippen LogP contribution in [0.15, 0.2) is 18.3 Å². The summed E-state index contributed by atoms with van der Waals surface area (Å²) in [6, 6.07) is 3.57. The minimum Gasteiger partial charge on any atom is -0.352 e. The highest BCUT2D eigenvalue weighted by Crippen LogP contribution is 2.30. The predicted molar refractivity (Wildman–Crippen MR) is 77.5 cm³/mol. The Morgan fingerprint density at radius 2 is 2.16 bits per heavy atom. The van der Waals surface area contributed by atoms with Gasteiger partial charge in [0.2, 0.25) is 0 Å². The molecular weight excluding hydrogens is 260 g/mol. The van der Waals surface area contributed by atoms with E-state index in [0.29, 0.717) is 23.3 Å².